The quantitative estimate of drug-likeness (QED) is 0.0306. The van der Waals surface area contributed by atoms with E-state index in [9.17, 15) is 30.7 Å². The molecule has 6 rings (SSSR count). The number of nitrogens with two attached hydrogens (primary N) is 5. The first-order valence-electron chi connectivity index (χ1n) is 15.7. The monoisotopic (exact) mass is 795 g/mol. The van der Waals surface area contributed by atoms with Crippen LogP contribution in [0.4, 0.5) is 68.2 Å². The number of nitrogen functional groups attached to an aromatic ring is 5. The van der Waals surface area contributed by atoms with E-state index < -0.39 is 58.5 Å². The zero-order chi connectivity index (χ0) is 40.4. The fourth-order valence-corrected chi connectivity index (χ4v) is 6.40. The van der Waals surface area contributed by atoms with Gasteiger partial charge in [-0.05, 0) is 103 Å². The first kappa shape index (κ1) is 38.3. The average molecular weight is 796 g/mol. The zero-order valence-electron chi connectivity index (χ0n) is 28.5. The first-order chi connectivity index (χ1) is 26.5. The molecule has 5 aromatic rings. The number of anilines is 6. The van der Waals surface area contributed by atoms with Gasteiger partial charge in [0, 0.05) is 11.4 Å². The average Bonchev–Trinajstić information content (AvgIpc) is 3.13. The summed E-state index contributed by atoms with van der Waals surface area (Å²) in [5, 5.41) is 28.2. The van der Waals surface area contributed by atoms with Crippen LogP contribution in [0.15, 0.2) is 137 Å². The summed E-state index contributed by atoms with van der Waals surface area (Å²) in [5.74, 6) is -1.14. The van der Waals surface area contributed by atoms with Gasteiger partial charge in [0.05, 0.1) is 45.4 Å². The van der Waals surface area contributed by atoms with Crippen molar-refractivity contribution in [3.8, 4) is 0 Å². The zero-order valence-corrected chi connectivity index (χ0v) is 30.1. The number of azo groups is 3. The second-order valence-corrected chi connectivity index (χ2v) is 14.5. The lowest BCUT2D eigenvalue weighted by Gasteiger charge is -2.20. The molecule has 284 valence electrons. The summed E-state index contributed by atoms with van der Waals surface area (Å²) in [6, 6.07) is 22.2. The lowest BCUT2D eigenvalue weighted by atomic mass is 9.92. The Morgan fingerprint density at radius 1 is 0.571 bits per heavy atom. The molecule has 0 aliphatic heterocycles. The minimum atomic E-state index is -5.14. The third-order valence-electron chi connectivity index (χ3n) is 7.78. The molecule has 13 N–H and O–H groups in total. The Morgan fingerprint density at radius 3 is 1.52 bits per heavy atom. The van der Waals surface area contributed by atoms with Gasteiger partial charge >= 0.3 is 0 Å². The molecule has 0 amide bonds. The van der Waals surface area contributed by atoms with Crippen molar-refractivity contribution in [3.05, 3.63) is 107 Å². The lowest BCUT2D eigenvalue weighted by molar-refractivity contribution is 0.106. The normalized spacial score (nSPS) is 14.1. The van der Waals surface area contributed by atoms with Crippen molar-refractivity contribution in [2.45, 2.75) is 4.90 Å². The largest absolute Gasteiger partial charge is 0.399 e. The van der Waals surface area contributed by atoms with Crippen molar-refractivity contribution in [2.75, 3.05) is 34.1 Å². The molecular formula is C34H29N13O7S2. The van der Waals surface area contributed by atoms with Crippen LogP contribution in [0.2, 0.25) is 0 Å². The Hall–Kier alpha value is -7.40. The van der Waals surface area contributed by atoms with E-state index >= 15 is 0 Å². The van der Waals surface area contributed by atoms with Gasteiger partial charge in [-0.2, -0.15) is 37.3 Å². The number of Topliss-reactive ketones (excluding diaryl/α,β-unsaturated/α-hetero) is 1. The highest BCUT2D eigenvalue weighted by molar-refractivity contribution is 7.91. The minimum absolute atomic E-state index is 0.169. The second-order valence-electron chi connectivity index (χ2n) is 11.8. The van der Waals surface area contributed by atoms with E-state index in [4.69, 9.17) is 28.7 Å². The molecule has 0 heterocycles. The van der Waals surface area contributed by atoms with Crippen LogP contribution < -0.4 is 34.1 Å². The molecule has 1 aliphatic carbocycles. The van der Waals surface area contributed by atoms with Gasteiger partial charge in [0.25, 0.3) is 20.2 Å². The van der Waals surface area contributed by atoms with Crippen molar-refractivity contribution < 1.29 is 30.7 Å². The smallest absolute Gasteiger partial charge is 0.296 e. The lowest BCUT2D eigenvalue weighted by Crippen LogP contribution is -2.28. The second kappa shape index (κ2) is 15.2. The number of fused-ring (bicyclic) bond motifs is 1. The summed E-state index contributed by atoms with van der Waals surface area (Å²) in [6.07, 6.45) is 0.774. The minimum Gasteiger partial charge on any atom is -0.399 e. The molecule has 0 radical (unpaired) electrons. The Bertz CT molecular complexity index is 2790. The first-order valence-corrected chi connectivity index (χ1v) is 18.6. The molecule has 5 aromatic carbocycles. The molecular weight excluding hydrogens is 767 g/mol. The molecule has 0 bridgehead atoms. The summed E-state index contributed by atoms with van der Waals surface area (Å²) in [4.78, 5) is 11.9. The van der Waals surface area contributed by atoms with Crippen molar-refractivity contribution >= 4 is 106 Å². The van der Waals surface area contributed by atoms with Gasteiger partial charge in [0.2, 0.25) is 5.78 Å². The fraction of sp³-hybridized carbons (Fsp3) is 0. The number of nitrogens with zero attached hydrogens (tertiary/aromatic N) is 7. The number of benzene rings is 5. The number of rotatable bonds is 10. The van der Waals surface area contributed by atoms with E-state index in [1.165, 1.54) is 60.7 Å². The molecule has 0 saturated heterocycles. The topological polar surface area (TPSA) is 354 Å². The number of carbonyl (C=O) groups is 1. The van der Waals surface area contributed by atoms with Gasteiger partial charge in [0.15, 0.2) is 5.71 Å². The highest BCUT2D eigenvalue weighted by Gasteiger charge is 2.37. The van der Waals surface area contributed by atoms with Crippen LogP contribution in [0.1, 0.15) is 15.9 Å². The standard InChI is InChI=1S/C34H29N13O7S2/c35-18-1-11-26(24(37)15-18)44-40-20-3-7-22(8-4-20)42-46-32-28(55(49,50)51)13-17-14-29(56(52,53)54)33(34(48)30(17)31(32)39)47-43-23-9-5-21(6-10-23)41-45-27-12-2-19(36)16-25(27)38/h1-16,43H,35-39H2,(H,49,50,51)(H,52,53,54)/b44-40?,45-41?,46-42?,47-33-. The van der Waals surface area contributed by atoms with Crippen LogP contribution in [0, 0.1) is 0 Å². The van der Waals surface area contributed by atoms with Gasteiger partial charge in [0.1, 0.15) is 26.9 Å². The summed E-state index contributed by atoms with van der Waals surface area (Å²) >= 11 is 0. The number of allylic oxidation sites excluding steroid dienone is 1. The van der Waals surface area contributed by atoms with Gasteiger partial charge < -0.3 is 28.7 Å². The van der Waals surface area contributed by atoms with Gasteiger partial charge in [-0.3, -0.25) is 19.3 Å². The third-order valence-corrected chi connectivity index (χ3v) is 9.51. The van der Waals surface area contributed by atoms with Gasteiger partial charge in [-0.15, -0.1) is 15.3 Å². The van der Waals surface area contributed by atoms with Gasteiger partial charge in [-0.25, -0.2) is 0 Å². The predicted octanol–water partition coefficient (Wildman–Crippen LogP) is 6.98. The molecule has 56 heavy (non-hydrogen) atoms. The number of carbonyl (C=O) groups excluding carboxylic acids is 1. The highest BCUT2D eigenvalue weighted by atomic mass is 32.2. The van der Waals surface area contributed by atoms with Crippen LogP contribution in [0.25, 0.3) is 6.08 Å². The maximum Gasteiger partial charge on any atom is 0.296 e. The number of hydrazone groups is 1. The maximum absolute atomic E-state index is 13.8. The van der Waals surface area contributed by atoms with E-state index in [2.05, 4.69) is 41.2 Å². The van der Waals surface area contributed by atoms with E-state index in [0.29, 0.717) is 45.5 Å². The Balaban J connectivity index is 1.29. The van der Waals surface area contributed by atoms with Crippen LogP contribution in [-0.4, -0.2) is 37.4 Å². The van der Waals surface area contributed by atoms with Crippen LogP contribution >= 0.6 is 0 Å². The Morgan fingerprint density at radius 2 is 1.05 bits per heavy atom. The Kier molecular flexibility index (Phi) is 10.4. The number of nitrogens with one attached hydrogen (secondary N) is 1. The van der Waals surface area contributed by atoms with Crippen molar-refractivity contribution in [1.82, 2.24) is 0 Å². The van der Waals surface area contributed by atoms with Crippen LogP contribution in [0.3, 0.4) is 0 Å². The molecule has 22 heteroatoms. The van der Waals surface area contributed by atoms with Crippen molar-refractivity contribution in [2.24, 2.45) is 35.8 Å². The number of hydrogen-bond acceptors (Lipinski definition) is 18. The molecule has 0 atom stereocenters. The summed E-state index contributed by atoms with van der Waals surface area (Å²) in [6.45, 7) is 0. The van der Waals surface area contributed by atoms with E-state index in [-0.39, 0.29) is 16.9 Å². The van der Waals surface area contributed by atoms with Gasteiger partial charge in [-0.1, -0.05) is 0 Å². The molecule has 0 saturated carbocycles. The predicted molar refractivity (Wildman–Crippen MR) is 212 cm³/mol. The Labute approximate surface area is 317 Å². The number of hydrogen-bond donors (Lipinski definition) is 8. The van der Waals surface area contributed by atoms with E-state index in [1.807, 2.05) is 0 Å². The third kappa shape index (κ3) is 8.53. The van der Waals surface area contributed by atoms with Crippen molar-refractivity contribution in [3.63, 3.8) is 0 Å². The SMILES string of the molecule is Nc1ccc(N=Nc2ccc(N=Nc3c(S(=O)(=O)O)cc4c(c3N)C(=O)/C(=N\Nc3ccc(N=Nc5ccc(N)cc5N)cc3)C(S(=O)(=O)O)=C4)cc2)c(N)c1. The molecule has 0 spiro atoms. The molecule has 0 aromatic heterocycles. The summed E-state index contributed by atoms with van der Waals surface area (Å²) in [5.41, 5.74) is 32.7. The molecule has 1 aliphatic rings. The summed E-state index contributed by atoms with van der Waals surface area (Å²) in [7, 11) is -10.2. The molecule has 0 unspecified atom stereocenters. The van der Waals surface area contributed by atoms with E-state index in [0.717, 1.165) is 12.1 Å². The molecule has 0 fully saturated rings. The van der Waals surface area contributed by atoms with Crippen molar-refractivity contribution in [1.29, 1.82) is 0 Å². The van der Waals surface area contributed by atoms with Crippen LogP contribution in [0.5, 0.6) is 0 Å². The number of ketones is 1. The highest BCUT2D eigenvalue weighted by Crippen LogP contribution is 2.41. The summed E-state index contributed by atoms with van der Waals surface area (Å²) < 4.78 is 69.8. The van der Waals surface area contributed by atoms with Crippen LogP contribution in [-0.2, 0) is 20.2 Å². The van der Waals surface area contributed by atoms with E-state index in [1.54, 1.807) is 24.3 Å². The maximum atomic E-state index is 13.8. The molecule has 20 nitrogen and oxygen atoms in total. The fourth-order valence-electron chi connectivity index (χ4n) is 5.07.